The molecule has 0 spiro atoms. The lowest BCUT2D eigenvalue weighted by Crippen LogP contribution is -2.51. The summed E-state index contributed by atoms with van der Waals surface area (Å²) in [6.07, 6.45) is 3.32. The first-order valence-electron chi connectivity index (χ1n) is 7.66. The molecule has 2 amide bonds. The molecule has 0 unspecified atom stereocenters. The minimum atomic E-state index is -0.346. The number of piperazine rings is 1. The van der Waals surface area contributed by atoms with Gasteiger partial charge in [0.1, 0.15) is 6.54 Å². The smallest absolute Gasteiger partial charge is 0.267 e. The molecule has 2 aromatic heterocycles. The summed E-state index contributed by atoms with van der Waals surface area (Å²) in [6, 6.07) is 4.67. The third kappa shape index (κ3) is 3.34. The molecular weight excluding hydrogens is 312 g/mol. The Bertz CT molecular complexity index is 790. The molecule has 0 radical (unpaired) electrons. The van der Waals surface area contributed by atoms with Gasteiger partial charge in [0.05, 0.1) is 0 Å². The average Bonchev–Trinajstić information content (AvgIpc) is 3.11. The molecule has 126 valence electrons. The highest BCUT2D eigenvalue weighted by Gasteiger charge is 2.22. The molecule has 1 saturated heterocycles. The Balaban J connectivity index is 1.70. The van der Waals surface area contributed by atoms with Gasteiger partial charge in [-0.2, -0.15) is 5.10 Å². The van der Waals surface area contributed by atoms with Crippen LogP contribution in [0.15, 0.2) is 35.4 Å². The van der Waals surface area contributed by atoms with Crippen molar-refractivity contribution in [3.05, 3.63) is 40.9 Å². The third-order valence-corrected chi connectivity index (χ3v) is 3.95. The molecule has 0 aliphatic carbocycles. The van der Waals surface area contributed by atoms with Crippen molar-refractivity contribution in [1.82, 2.24) is 29.4 Å². The summed E-state index contributed by atoms with van der Waals surface area (Å²) in [5.41, 5.74) is -0.346. The van der Waals surface area contributed by atoms with Crippen LogP contribution in [0.5, 0.6) is 0 Å². The van der Waals surface area contributed by atoms with Crippen molar-refractivity contribution in [2.45, 2.75) is 13.5 Å². The van der Waals surface area contributed by atoms with E-state index >= 15 is 0 Å². The largest absolute Gasteiger partial charge is 0.339 e. The molecule has 0 aromatic carbocycles. The van der Waals surface area contributed by atoms with E-state index < -0.39 is 0 Å². The summed E-state index contributed by atoms with van der Waals surface area (Å²) in [6.45, 7) is 3.33. The van der Waals surface area contributed by atoms with Crippen molar-refractivity contribution in [3.8, 4) is 5.82 Å². The molecule has 2 aromatic rings. The van der Waals surface area contributed by atoms with Crippen molar-refractivity contribution in [2.75, 3.05) is 26.2 Å². The molecule has 0 saturated carbocycles. The fourth-order valence-electron chi connectivity index (χ4n) is 2.58. The van der Waals surface area contributed by atoms with Crippen molar-refractivity contribution in [3.63, 3.8) is 0 Å². The molecule has 0 atom stereocenters. The molecule has 0 N–H and O–H groups in total. The van der Waals surface area contributed by atoms with Crippen LogP contribution in [-0.2, 0) is 16.1 Å². The van der Waals surface area contributed by atoms with Gasteiger partial charge in [0, 0.05) is 51.6 Å². The summed E-state index contributed by atoms with van der Waals surface area (Å²) in [7, 11) is 0. The van der Waals surface area contributed by atoms with E-state index in [0.29, 0.717) is 32.0 Å². The van der Waals surface area contributed by atoms with Gasteiger partial charge in [-0.15, -0.1) is 5.10 Å². The van der Waals surface area contributed by atoms with Crippen LogP contribution >= 0.6 is 0 Å². The first-order chi connectivity index (χ1) is 11.5. The van der Waals surface area contributed by atoms with Gasteiger partial charge in [0.15, 0.2) is 5.82 Å². The van der Waals surface area contributed by atoms with Crippen LogP contribution in [0.2, 0.25) is 0 Å². The molecule has 1 fully saturated rings. The Labute approximate surface area is 138 Å². The van der Waals surface area contributed by atoms with E-state index in [1.54, 1.807) is 34.3 Å². The van der Waals surface area contributed by atoms with Crippen molar-refractivity contribution in [1.29, 1.82) is 0 Å². The molecule has 9 heteroatoms. The Kier molecular flexibility index (Phi) is 4.41. The van der Waals surface area contributed by atoms with Crippen molar-refractivity contribution < 1.29 is 9.59 Å². The van der Waals surface area contributed by atoms with Gasteiger partial charge in [-0.05, 0) is 12.1 Å². The average molecular weight is 330 g/mol. The van der Waals surface area contributed by atoms with Gasteiger partial charge in [-0.25, -0.2) is 9.36 Å². The first-order valence-corrected chi connectivity index (χ1v) is 7.66. The Morgan fingerprint density at radius 2 is 1.83 bits per heavy atom. The molecule has 24 heavy (non-hydrogen) atoms. The Morgan fingerprint density at radius 1 is 1.12 bits per heavy atom. The SMILES string of the molecule is CC(=O)N1CCN(C(=O)Cn2nc(-n3cccn3)ccc2=O)CC1. The fraction of sp³-hybridized carbons (Fsp3) is 0.400. The third-order valence-electron chi connectivity index (χ3n) is 3.95. The van der Waals surface area contributed by atoms with Crippen molar-refractivity contribution >= 4 is 11.8 Å². The van der Waals surface area contributed by atoms with E-state index in [1.807, 2.05) is 0 Å². The minimum Gasteiger partial charge on any atom is -0.339 e. The Hall–Kier alpha value is -2.97. The summed E-state index contributed by atoms with van der Waals surface area (Å²) in [4.78, 5) is 39.0. The molecule has 1 aliphatic rings. The zero-order valence-corrected chi connectivity index (χ0v) is 13.3. The molecular formula is C15H18N6O3. The van der Waals surface area contributed by atoms with E-state index in [2.05, 4.69) is 10.2 Å². The van der Waals surface area contributed by atoms with Crippen LogP contribution in [0.1, 0.15) is 6.92 Å². The second-order valence-corrected chi connectivity index (χ2v) is 5.52. The number of hydrogen-bond donors (Lipinski definition) is 0. The second kappa shape index (κ2) is 6.65. The quantitative estimate of drug-likeness (QED) is 0.728. The van der Waals surface area contributed by atoms with E-state index in [9.17, 15) is 14.4 Å². The predicted octanol–water partition coefficient (Wildman–Crippen LogP) is -0.880. The lowest BCUT2D eigenvalue weighted by molar-refractivity contribution is -0.139. The molecule has 0 bridgehead atoms. The van der Waals surface area contributed by atoms with E-state index in [4.69, 9.17) is 0 Å². The fourth-order valence-corrected chi connectivity index (χ4v) is 2.58. The number of rotatable bonds is 3. The highest BCUT2D eigenvalue weighted by Crippen LogP contribution is 2.04. The maximum Gasteiger partial charge on any atom is 0.267 e. The minimum absolute atomic E-state index is 0.00640. The maximum absolute atomic E-state index is 12.4. The zero-order valence-electron chi connectivity index (χ0n) is 13.3. The summed E-state index contributed by atoms with van der Waals surface area (Å²) < 4.78 is 2.66. The lowest BCUT2D eigenvalue weighted by atomic mass is 10.3. The highest BCUT2D eigenvalue weighted by molar-refractivity contribution is 5.77. The number of carbonyl (C=O) groups is 2. The van der Waals surface area contributed by atoms with E-state index in [-0.39, 0.29) is 23.9 Å². The number of nitrogens with zero attached hydrogens (tertiary/aromatic N) is 6. The maximum atomic E-state index is 12.4. The predicted molar refractivity (Wildman–Crippen MR) is 84.5 cm³/mol. The second-order valence-electron chi connectivity index (χ2n) is 5.52. The van der Waals surface area contributed by atoms with Crippen LogP contribution in [-0.4, -0.2) is 67.4 Å². The van der Waals surface area contributed by atoms with Crippen LogP contribution < -0.4 is 5.56 Å². The molecule has 1 aliphatic heterocycles. The van der Waals surface area contributed by atoms with Crippen LogP contribution in [0.3, 0.4) is 0 Å². The van der Waals surface area contributed by atoms with Gasteiger partial charge < -0.3 is 9.80 Å². The zero-order chi connectivity index (χ0) is 17.1. The monoisotopic (exact) mass is 330 g/mol. The molecule has 3 heterocycles. The first kappa shape index (κ1) is 15.9. The van der Waals surface area contributed by atoms with E-state index in [0.717, 1.165) is 4.68 Å². The van der Waals surface area contributed by atoms with Gasteiger partial charge >= 0.3 is 0 Å². The van der Waals surface area contributed by atoms with E-state index in [1.165, 1.54) is 17.7 Å². The molecule has 9 nitrogen and oxygen atoms in total. The number of amides is 2. The van der Waals surface area contributed by atoms with Gasteiger partial charge in [0.25, 0.3) is 5.56 Å². The van der Waals surface area contributed by atoms with Crippen LogP contribution in [0.4, 0.5) is 0 Å². The lowest BCUT2D eigenvalue weighted by Gasteiger charge is -2.34. The topological polar surface area (TPSA) is 93.3 Å². The normalized spacial score (nSPS) is 14.7. The standard InChI is InChI=1S/C15H18N6O3/c1-12(22)18-7-9-19(10-8-18)15(24)11-21-14(23)4-3-13(17-21)20-6-2-5-16-20/h2-6H,7-11H2,1H3. The number of aromatic nitrogens is 4. The van der Waals surface area contributed by atoms with Gasteiger partial charge in [0.2, 0.25) is 11.8 Å². The van der Waals surface area contributed by atoms with Gasteiger partial charge in [-0.1, -0.05) is 0 Å². The summed E-state index contributed by atoms with van der Waals surface area (Å²) in [5, 5.41) is 8.24. The number of hydrogen-bond acceptors (Lipinski definition) is 5. The van der Waals surface area contributed by atoms with Gasteiger partial charge in [-0.3, -0.25) is 14.4 Å². The summed E-state index contributed by atoms with van der Waals surface area (Å²) >= 11 is 0. The van der Waals surface area contributed by atoms with Crippen LogP contribution in [0, 0.1) is 0 Å². The molecule has 3 rings (SSSR count). The summed E-state index contributed by atoms with van der Waals surface area (Å²) in [5.74, 6) is 0.283. The number of carbonyl (C=O) groups excluding carboxylic acids is 2. The van der Waals surface area contributed by atoms with Crippen LogP contribution in [0.25, 0.3) is 5.82 Å². The highest BCUT2D eigenvalue weighted by atomic mass is 16.2. The van der Waals surface area contributed by atoms with Crippen molar-refractivity contribution in [2.24, 2.45) is 0 Å². The Morgan fingerprint density at radius 3 is 2.46 bits per heavy atom.